The number of hydrogen-bond acceptors (Lipinski definition) is 6. The van der Waals surface area contributed by atoms with Crippen molar-refractivity contribution in [3.63, 3.8) is 0 Å². The first-order valence-electron chi connectivity index (χ1n) is 7.15. The molecular weight excluding hydrogens is 244 g/mol. The monoisotopic (exact) mass is 268 g/mol. The summed E-state index contributed by atoms with van der Waals surface area (Å²) in [6.45, 7) is 11.8. The Labute approximate surface area is 114 Å². The summed E-state index contributed by atoms with van der Waals surface area (Å²) in [6.07, 6.45) is 0.804. The molecule has 0 amide bonds. The fourth-order valence-corrected chi connectivity index (χ4v) is 2.20. The first-order chi connectivity index (χ1) is 9.31. The largest absolute Gasteiger partial charge is 0.424 e. The van der Waals surface area contributed by atoms with Gasteiger partial charge in [0.25, 0.3) is 0 Å². The summed E-state index contributed by atoms with van der Waals surface area (Å²) in [5.41, 5.74) is 0. The Morgan fingerprint density at radius 1 is 1.05 bits per heavy atom. The second kappa shape index (κ2) is 7.57. The van der Waals surface area contributed by atoms with Crippen molar-refractivity contribution in [3.05, 3.63) is 11.8 Å². The van der Waals surface area contributed by atoms with Gasteiger partial charge >= 0.3 is 0 Å². The molecular formula is C13H24N4O2. The van der Waals surface area contributed by atoms with E-state index in [1.165, 1.54) is 0 Å². The van der Waals surface area contributed by atoms with E-state index in [4.69, 9.17) is 9.15 Å². The first-order valence-corrected chi connectivity index (χ1v) is 7.15. The van der Waals surface area contributed by atoms with Crippen molar-refractivity contribution in [1.29, 1.82) is 0 Å². The molecule has 0 unspecified atom stereocenters. The molecule has 0 N–H and O–H groups in total. The molecule has 1 fully saturated rings. The van der Waals surface area contributed by atoms with Crippen LogP contribution in [0.5, 0.6) is 0 Å². The molecule has 2 heterocycles. The van der Waals surface area contributed by atoms with Gasteiger partial charge in [0.15, 0.2) is 0 Å². The smallest absolute Gasteiger partial charge is 0.230 e. The second-order valence-electron chi connectivity index (χ2n) is 4.76. The van der Waals surface area contributed by atoms with Crippen molar-refractivity contribution in [2.75, 3.05) is 45.9 Å². The molecule has 1 aliphatic heterocycles. The Hall–Kier alpha value is -0.980. The van der Waals surface area contributed by atoms with Crippen LogP contribution in [-0.4, -0.2) is 65.9 Å². The van der Waals surface area contributed by atoms with E-state index in [-0.39, 0.29) is 0 Å². The van der Waals surface area contributed by atoms with Crippen molar-refractivity contribution < 1.29 is 9.15 Å². The van der Waals surface area contributed by atoms with Crippen molar-refractivity contribution in [2.45, 2.75) is 26.8 Å². The third-order valence-electron chi connectivity index (χ3n) is 3.39. The van der Waals surface area contributed by atoms with Crippen LogP contribution in [0.1, 0.15) is 25.6 Å². The molecule has 19 heavy (non-hydrogen) atoms. The predicted molar refractivity (Wildman–Crippen MR) is 71.9 cm³/mol. The quantitative estimate of drug-likeness (QED) is 0.681. The van der Waals surface area contributed by atoms with E-state index in [9.17, 15) is 0 Å². The molecule has 0 spiro atoms. The van der Waals surface area contributed by atoms with E-state index in [0.29, 0.717) is 0 Å². The van der Waals surface area contributed by atoms with Crippen LogP contribution >= 0.6 is 0 Å². The van der Waals surface area contributed by atoms with Gasteiger partial charge in [-0.15, -0.1) is 10.2 Å². The lowest BCUT2D eigenvalue weighted by Crippen LogP contribution is -2.46. The molecule has 0 aromatic carbocycles. The Bertz CT molecular complexity index is 361. The van der Waals surface area contributed by atoms with Crippen LogP contribution in [0.25, 0.3) is 0 Å². The average Bonchev–Trinajstić information content (AvgIpc) is 2.89. The molecule has 0 atom stereocenters. The number of ether oxygens (including phenoxy) is 1. The number of aromatic nitrogens is 2. The molecule has 1 saturated heterocycles. The first kappa shape index (κ1) is 14.4. The molecule has 6 nitrogen and oxygen atoms in total. The number of aryl methyl sites for hydroxylation is 1. The average molecular weight is 268 g/mol. The van der Waals surface area contributed by atoms with Gasteiger partial charge in [-0.2, -0.15) is 0 Å². The van der Waals surface area contributed by atoms with E-state index in [1.807, 2.05) is 13.8 Å². The van der Waals surface area contributed by atoms with Gasteiger partial charge in [-0.3, -0.25) is 9.80 Å². The number of piperazine rings is 1. The number of nitrogens with zero attached hydrogens (tertiary/aromatic N) is 4. The third-order valence-corrected chi connectivity index (χ3v) is 3.39. The maximum atomic E-state index is 5.54. The maximum absolute atomic E-state index is 5.54. The van der Waals surface area contributed by atoms with E-state index in [1.54, 1.807) is 0 Å². The zero-order valence-corrected chi connectivity index (χ0v) is 12.0. The summed E-state index contributed by atoms with van der Waals surface area (Å²) in [5, 5.41) is 8.06. The molecule has 1 aliphatic rings. The molecule has 1 aromatic rings. The lowest BCUT2D eigenvalue weighted by molar-refractivity contribution is 0.0755. The number of hydrogen-bond donors (Lipinski definition) is 0. The van der Waals surface area contributed by atoms with Gasteiger partial charge in [0, 0.05) is 45.8 Å². The van der Waals surface area contributed by atoms with E-state index in [2.05, 4.69) is 20.0 Å². The zero-order chi connectivity index (χ0) is 13.5. The van der Waals surface area contributed by atoms with E-state index < -0.39 is 0 Å². The summed E-state index contributed by atoms with van der Waals surface area (Å²) < 4.78 is 10.9. The standard InChI is InChI=1S/C13H24N4O2/c1-3-12-14-15-13(19-12)11-17-7-5-16(6-8-17)9-10-18-4-2/h3-11H2,1-2H3. The Morgan fingerprint density at radius 2 is 1.74 bits per heavy atom. The molecule has 0 radical (unpaired) electrons. The molecule has 1 aromatic heterocycles. The number of rotatable bonds is 7. The minimum atomic E-state index is 0.727. The Balaban J connectivity index is 1.68. The zero-order valence-electron chi connectivity index (χ0n) is 12.0. The van der Waals surface area contributed by atoms with Crippen LogP contribution < -0.4 is 0 Å². The third kappa shape index (κ3) is 4.56. The molecule has 2 rings (SSSR count). The highest BCUT2D eigenvalue weighted by Gasteiger charge is 2.18. The molecule has 0 bridgehead atoms. The SMILES string of the molecule is CCOCCN1CCN(Cc2nnc(CC)o2)CC1. The Kier molecular flexibility index (Phi) is 5.75. The molecule has 108 valence electrons. The fraction of sp³-hybridized carbons (Fsp3) is 0.846. The van der Waals surface area contributed by atoms with Crippen LogP contribution in [-0.2, 0) is 17.7 Å². The van der Waals surface area contributed by atoms with Crippen molar-refractivity contribution in [2.24, 2.45) is 0 Å². The van der Waals surface area contributed by atoms with Crippen molar-refractivity contribution in [3.8, 4) is 0 Å². The normalized spacial score (nSPS) is 18.0. The molecule has 6 heteroatoms. The van der Waals surface area contributed by atoms with Gasteiger partial charge in [0.05, 0.1) is 13.2 Å². The lowest BCUT2D eigenvalue weighted by Gasteiger charge is -2.33. The summed E-state index contributed by atoms with van der Waals surface area (Å²) >= 11 is 0. The highest BCUT2D eigenvalue weighted by molar-refractivity contribution is 4.83. The summed E-state index contributed by atoms with van der Waals surface area (Å²) in [6, 6.07) is 0. The van der Waals surface area contributed by atoms with E-state index >= 15 is 0 Å². The highest BCUT2D eigenvalue weighted by atomic mass is 16.5. The van der Waals surface area contributed by atoms with Crippen molar-refractivity contribution >= 4 is 0 Å². The van der Waals surface area contributed by atoms with Crippen LogP contribution in [0.15, 0.2) is 4.42 Å². The van der Waals surface area contributed by atoms with Crippen LogP contribution in [0, 0.1) is 0 Å². The topological polar surface area (TPSA) is 54.6 Å². The van der Waals surface area contributed by atoms with Gasteiger partial charge in [-0.1, -0.05) is 6.92 Å². The van der Waals surface area contributed by atoms with Crippen LogP contribution in [0.3, 0.4) is 0 Å². The summed E-state index contributed by atoms with van der Waals surface area (Å²) in [4.78, 5) is 4.81. The van der Waals surface area contributed by atoms with Crippen LogP contribution in [0.2, 0.25) is 0 Å². The minimum absolute atomic E-state index is 0.727. The fourth-order valence-electron chi connectivity index (χ4n) is 2.20. The lowest BCUT2D eigenvalue weighted by atomic mass is 10.3. The molecule has 0 saturated carbocycles. The van der Waals surface area contributed by atoms with Gasteiger partial charge in [-0.25, -0.2) is 0 Å². The maximum Gasteiger partial charge on any atom is 0.230 e. The minimum Gasteiger partial charge on any atom is -0.424 e. The van der Waals surface area contributed by atoms with Crippen LogP contribution in [0.4, 0.5) is 0 Å². The second-order valence-corrected chi connectivity index (χ2v) is 4.76. The predicted octanol–water partition coefficient (Wildman–Crippen LogP) is 0.786. The highest BCUT2D eigenvalue weighted by Crippen LogP contribution is 2.08. The van der Waals surface area contributed by atoms with Crippen molar-refractivity contribution in [1.82, 2.24) is 20.0 Å². The molecule has 0 aliphatic carbocycles. The van der Waals surface area contributed by atoms with Gasteiger partial charge in [0.2, 0.25) is 11.8 Å². The summed E-state index contributed by atoms with van der Waals surface area (Å²) in [7, 11) is 0. The van der Waals surface area contributed by atoms with Gasteiger partial charge < -0.3 is 9.15 Å². The van der Waals surface area contributed by atoms with Gasteiger partial charge in [0.1, 0.15) is 0 Å². The van der Waals surface area contributed by atoms with Gasteiger partial charge in [-0.05, 0) is 6.92 Å². The van der Waals surface area contributed by atoms with E-state index in [0.717, 1.165) is 70.7 Å². The summed E-state index contributed by atoms with van der Waals surface area (Å²) in [5.74, 6) is 1.46. The Morgan fingerprint density at radius 3 is 2.37 bits per heavy atom.